The summed E-state index contributed by atoms with van der Waals surface area (Å²) in [5.74, 6) is 0.125. The SMILES string of the molecule is CC1(C)c2ccccc2-c2ccc(N(c3ccc(-c4ccccc4)cc3)c3ccc(C4CC=CC=C4n4c5ccccc5c5cccc(-c6cccc7oc8ccccc8c67)c54)cc3)cc21. The maximum Gasteiger partial charge on any atom is 0.136 e. The van der Waals surface area contributed by atoms with E-state index in [2.05, 4.69) is 242 Å². The molecule has 0 bridgehead atoms. The van der Waals surface area contributed by atoms with Crippen LogP contribution < -0.4 is 4.90 Å². The van der Waals surface area contributed by atoms with E-state index in [-0.39, 0.29) is 11.3 Å². The predicted molar refractivity (Wildman–Crippen MR) is 277 cm³/mol. The molecule has 3 nitrogen and oxygen atoms in total. The molecule has 0 radical (unpaired) electrons. The fraction of sp³-hybridized carbons (Fsp3) is 0.0794. The van der Waals surface area contributed by atoms with Crippen molar-refractivity contribution in [2.45, 2.75) is 31.6 Å². The van der Waals surface area contributed by atoms with E-state index in [1.807, 2.05) is 6.07 Å². The molecule has 1 unspecified atom stereocenters. The molecule has 0 saturated carbocycles. The van der Waals surface area contributed by atoms with Gasteiger partial charge in [-0.1, -0.05) is 178 Å². The molecular formula is C63H46N2O. The van der Waals surface area contributed by atoms with Gasteiger partial charge in [0.1, 0.15) is 11.2 Å². The van der Waals surface area contributed by atoms with Crippen LogP contribution in [0.3, 0.4) is 0 Å². The first-order chi connectivity index (χ1) is 32.5. The van der Waals surface area contributed by atoms with Gasteiger partial charge in [0.15, 0.2) is 0 Å². The van der Waals surface area contributed by atoms with Crippen LogP contribution in [0.2, 0.25) is 0 Å². The Morgan fingerprint density at radius 1 is 0.500 bits per heavy atom. The number of hydrogen-bond acceptors (Lipinski definition) is 2. The van der Waals surface area contributed by atoms with Crippen molar-refractivity contribution in [3.05, 3.63) is 241 Å². The summed E-state index contributed by atoms with van der Waals surface area (Å²) < 4.78 is 8.97. The highest BCUT2D eigenvalue weighted by atomic mass is 16.3. The largest absolute Gasteiger partial charge is 0.456 e. The van der Waals surface area contributed by atoms with Crippen molar-refractivity contribution < 1.29 is 4.42 Å². The summed E-state index contributed by atoms with van der Waals surface area (Å²) in [5, 5.41) is 4.78. The van der Waals surface area contributed by atoms with Crippen molar-refractivity contribution >= 4 is 66.5 Å². The Kier molecular flexibility index (Phi) is 8.69. The quantitative estimate of drug-likeness (QED) is 0.159. The number of hydrogen-bond donors (Lipinski definition) is 0. The highest BCUT2D eigenvalue weighted by Gasteiger charge is 2.36. The van der Waals surface area contributed by atoms with Gasteiger partial charge in [-0.15, -0.1) is 0 Å². The first-order valence-corrected chi connectivity index (χ1v) is 23.1. The maximum absolute atomic E-state index is 6.42. The minimum Gasteiger partial charge on any atom is -0.456 e. The molecule has 9 aromatic carbocycles. The summed E-state index contributed by atoms with van der Waals surface area (Å²) in [7, 11) is 0. The zero-order valence-electron chi connectivity index (χ0n) is 36.9. The molecule has 314 valence electrons. The van der Waals surface area contributed by atoms with Crippen molar-refractivity contribution in [1.82, 2.24) is 4.57 Å². The summed E-state index contributed by atoms with van der Waals surface area (Å²) in [5.41, 5.74) is 20.2. The standard InChI is InChI=1S/C63H46N2O/c1-63(2)55-25-10-6-19-48(55)49-39-38-46(40-56(49)63)64(44-34-30-42(31-35-44)41-16-4-3-5-17-41)45-36-32-43(33-37-45)47-18-7-11-26-57(47)65-58-27-12-8-20-50(58)52-23-14-24-53(62(52)65)51-22-15-29-60-61(51)54-21-9-13-28-59(54)66-60/h3-17,19-40,47H,18H2,1-2H3. The molecule has 2 aliphatic rings. The number of fused-ring (bicyclic) bond motifs is 9. The lowest BCUT2D eigenvalue weighted by Crippen LogP contribution is -2.16. The first kappa shape index (κ1) is 38.3. The van der Waals surface area contributed by atoms with Gasteiger partial charge < -0.3 is 13.9 Å². The second-order valence-corrected chi connectivity index (χ2v) is 18.4. The smallest absolute Gasteiger partial charge is 0.136 e. The minimum absolute atomic E-state index is 0.114. The van der Waals surface area contributed by atoms with E-state index >= 15 is 0 Å². The molecule has 66 heavy (non-hydrogen) atoms. The van der Waals surface area contributed by atoms with Crippen LogP contribution in [0.4, 0.5) is 17.1 Å². The monoisotopic (exact) mass is 846 g/mol. The number of benzene rings is 9. The van der Waals surface area contributed by atoms with E-state index in [1.165, 1.54) is 77.6 Å². The average molecular weight is 847 g/mol. The Balaban J connectivity index is 0.938. The number of aromatic nitrogens is 1. The first-order valence-electron chi connectivity index (χ1n) is 23.1. The summed E-state index contributed by atoms with van der Waals surface area (Å²) in [6.07, 6.45) is 7.79. The Hall–Kier alpha value is -8.14. The van der Waals surface area contributed by atoms with Crippen molar-refractivity contribution in [3.63, 3.8) is 0 Å². The van der Waals surface area contributed by atoms with Gasteiger partial charge in [0.25, 0.3) is 0 Å². The number of rotatable bonds is 7. The molecule has 0 spiro atoms. The molecule has 0 aliphatic heterocycles. The fourth-order valence-electron chi connectivity index (χ4n) is 11.2. The third kappa shape index (κ3) is 5.90. The zero-order valence-corrected chi connectivity index (χ0v) is 36.9. The van der Waals surface area contributed by atoms with Crippen LogP contribution in [0.1, 0.15) is 42.9 Å². The lowest BCUT2D eigenvalue weighted by Gasteiger charge is -2.29. The number of allylic oxidation sites excluding steroid dienone is 4. The summed E-state index contributed by atoms with van der Waals surface area (Å²) in [4.78, 5) is 2.43. The van der Waals surface area contributed by atoms with E-state index in [4.69, 9.17) is 4.42 Å². The molecule has 0 fully saturated rings. The third-order valence-electron chi connectivity index (χ3n) is 14.4. The van der Waals surface area contributed by atoms with E-state index < -0.39 is 0 Å². The lowest BCUT2D eigenvalue weighted by molar-refractivity contribution is 0.660. The molecule has 2 heterocycles. The van der Waals surface area contributed by atoms with E-state index in [0.717, 1.165) is 45.4 Å². The predicted octanol–water partition coefficient (Wildman–Crippen LogP) is 17.4. The van der Waals surface area contributed by atoms with Gasteiger partial charge >= 0.3 is 0 Å². The van der Waals surface area contributed by atoms with Crippen LogP contribution in [0.25, 0.3) is 82.8 Å². The second-order valence-electron chi connectivity index (χ2n) is 18.4. The van der Waals surface area contributed by atoms with Gasteiger partial charge in [-0.3, -0.25) is 0 Å². The Morgan fingerprint density at radius 2 is 1.12 bits per heavy atom. The molecule has 1 atom stereocenters. The van der Waals surface area contributed by atoms with Crippen LogP contribution in [0, 0.1) is 0 Å². The average Bonchev–Trinajstić information content (AvgIpc) is 4.00. The highest BCUT2D eigenvalue weighted by Crippen LogP contribution is 2.51. The number of para-hydroxylation sites is 3. The fourth-order valence-corrected chi connectivity index (χ4v) is 11.2. The third-order valence-corrected chi connectivity index (χ3v) is 14.4. The van der Waals surface area contributed by atoms with Gasteiger partial charge in [-0.2, -0.15) is 0 Å². The maximum atomic E-state index is 6.42. The second kappa shape index (κ2) is 15.0. The molecule has 0 N–H and O–H groups in total. The van der Waals surface area contributed by atoms with E-state index in [9.17, 15) is 0 Å². The number of furan rings is 1. The normalized spacial score (nSPS) is 15.1. The molecule has 13 rings (SSSR count). The molecule has 11 aromatic rings. The molecule has 2 aromatic heterocycles. The zero-order chi connectivity index (χ0) is 43.9. The molecular weight excluding hydrogens is 801 g/mol. The molecule has 0 saturated heterocycles. The van der Waals surface area contributed by atoms with Crippen LogP contribution >= 0.6 is 0 Å². The van der Waals surface area contributed by atoms with Crippen molar-refractivity contribution in [2.24, 2.45) is 0 Å². The van der Waals surface area contributed by atoms with E-state index in [0.29, 0.717) is 0 Å². The van der Waals surface area contributed by atoms with Crippen molar-refractivity contribution in [1.29, 1.82) is 0 Å². The molecule has 2 aliphatic carbocycles. The summed E-state index contributed by atoms with van der Waals surface area (Å²) in [6.45, 7) is 4.72. The Labute approximate surface area is 384 Å². The Morgan fingerprint density at radius 3 is 1.97 bits per heavy atom. The van der Waals surface area contributed by atoms with Crippen LogP contribution in [0.15, 0.2) is 229 Å². The van der Waals surface area contributed by atoms with E-state index in [1.54, 1.807) is 0 Å². The summed E-state index contributed by atoms with van der Waals surface area (Å²) in [6, 6.07) is 75.5. The van der Waals surface area contributed by atoms with Crippen LogP contribution in [-0.2, 0) is 5.41 Å². The van der Waals surface area contributed by atoms with Gasteiger partial charge in [-0.05, 0) is 112 Å². The van der Waals surface area contributed by atoms with Gasteiger partial charge in [0.2, 0.25) is 0 Å². The minimum atomic E-state index is -0.114. The van der Waals surface area contributed by atoms with Crippen molar-refractivity contribution in [3.8, 4) is 33.4 Å². The van der Waals surface area contributed by atoms with Crippen LogP contribution in [-0.4, -0.2) is 4.57 Å². The highest BCUT2D eigenvalue weighted by molar-refractivity contribution is 6.19. The topological polar surface area (TPSA) is 21.3 Å². The number of anilines is 3. The molecule has 3 heteroatoms. The van der Waals surface area contributed by atoms with Gasteiger partial charge in [0, 0.05) is 61.2 Å². The summed E-state index contributed by atoms with van der Waals surface area (Å²) >= 11 is 0. The van der Waals surface area contributed by atoms with Gasteiger partial charge in [-0.25, -0.2) is 0 Å². The van der Waals surface area contributed by atoms with Crippen LogP contribution in [0.5, 0.6) is 0 Å². The lowest BCUT2D eigenvalue weighted by atomic mass is 9.82. The number of nitrogens with zero attached hydrogens (tertiary/aromatic N) is 2. The van der Waals surface area contributed by atoms with Crippen molar-refractivity contribution in [2.75, 3.05) is 4.90 Å². The van der Waals surface area contributed by atoms with Gasteiger partial charge in [0.05, 0.1) is 11.0 Å². The molecule has 0 amide bonds. The Bertz CT molecular complexity index is 3750.